The van der Waals surface area contributed by atoms with E-state index in [-0.39, 0.29) is 5.88 Å². The molecule has 3 heterocycles. The van der Waals surface area contributed by atoms with Crippen molar-refractivity contribution in [1.29, 1.82) is 0 Å². The summed E-state index contributed by atoms with van der Waals surface area (Å²) in [6.45, 7) is 0. The molecule has 0 radical (unpaired) electrons. The third kappa shape index (κ3) is 1.59. The summed E-state index contributed by atoms with van der Waals surface area (Å²) in [5, 5.41) is 9.91. The highest BCUT2D eigenvalue weighted by Gasteiger charge is 2.12. The van der Waals surface area contributed by atoms with E-state index in [1.165, 1.54) is 0 Å². The van der Waals surface area contributed by atoms with E-state index < -0.39 is 0 Å². The lowest BCUT2D eigenvalue weighted by atomic mass is 10.2. The predicted octanol–water partition coefficient (Wildman–Crippen LogP) is 2.86. The lowest BCUT2D eigenvalue weighted by Gasteiger charge is -2.02. The van der Waals surface area contributed by atoms with Crippen LogP contribution in [0.1, 0.15) is 0 Å². The Bertz CT molecular complexity index is 679. The van der Waals surface area contributed by atoms with Gasteiger partial charge in [0.15, 0.2) is 5.88 Å². The first-order chi connectivity index (χ1) is 8.27. The van der Waals surface area contributed by atoms with Crippen molar-refractivity contribution in [3.63, 3.8) is 0 Å². The zero-order valence-corrected chi connectivity index (χ0v) is 10.3. The van der Waals surface area contributed by atoms with Crippen molar-refractivity contribution in [2.45, 2.75) is 0 Å². The Kier molecular flexibility index (Phi) is 2.33. The number of aromatic hydroxyl groups is 1. The molecule has 0 aliphatic heterocycles. The molecule has 0 bridgehead atoms. The average Bonchev–Trinajstić information content (AvgIpc) is 2.70. The van der Waals surface area contributed by atoms with E-state index in [1.54, 1.807) is 28.9 Å². The largest absolute Gasteiger partial charge is 0.494 e. The molecule has 5 heteroatoms. The monoisotopic (exact) mass is 289 g/mol. The highest BCUT2D eigenvalue weighted by molar-refractivity contribution is 9.10. The van der Waals surface area contributed by atoms with Crippen LogP contribution >= 0.6 is 15.9 Å². The first-order valence-corrected chi connectivity index (χ1v) is 5.83. The molecule has 84 valence electrons. The Labute approximate surface area is 106 Å². The number of imidazole rings is 1. The molecule has 17 heavy (non-hydrogen) atoms. The smallest absolute Gasteiger partial charge is 0.197 e. The normalized spacial score (nSPS) is 10.9. The number of aromatic nitrogens is 3. The van der Waals surface area contributed by atoms with Crippen LogP contribution in [0.4, 0.5) is 0 Å². The quantitative estimate of drug-likeness (QED) is 0.749. The lowest BCUT2D eigenvalue weighted by Crippen LogP contribution is -1.90. The van der Waals surface area contributed by atoms with E-state index in [2.05, 4.69) is 25.9 Å². The minimum absolute atomic E-state index is 0.160. The molecule has 0 amide bonds. The molecule has 1 N–H and O–H groups in total. The molecule has 0 fully saturated rings. The van der Waals surface area contributed by atoms with Crippen molar-refractivity contribution in [2.24, 2.45) is 0 Å². The molecule has 0 atom stereocenters. The molecule has 0 unspecified atom stereocenters. The minimum atomic E-state index is 0.160. The fraction of sp³-hybridized carbons (Fsp3) is 0. The maximum Gasteiger partial charge on any atom is 0.197 e. The Hall–Kier alpha value is -1.88. The van der Waals surface area contributed by atoms with E-state index in [4.69, 9.17) is 0 Å². The van der Waals surface area contributed by atoms with Crippen molar-refractivity contribution >= 4 is 21.4 Å². The van der Waals surface area contributed by atoms with Gasteiger partial charge in [-0.1, -0.05) is 6.07 Å². The number of halogens is 1. The van der Waals surface area contributed by atoms with Crippen molar-refractivity contribution in [3.8, 4) is 17.3 Å². The first-order valence-electron chi connectivity index (χ1n) is 5.04. The van der Waals surface area contributed by atoms with Gasteiger partial charge in [-0.15, -0.1) is 0 Å². The second-order valence-electron chi connectivity index (χ2n) is 3.57. The molecule has 0 saturated heterocycles. The summed E-state index contributed by atoms with van der Waals surface area (Å²) in [6, 6.07) is 9.02. The fourth-order valence-electron chi connectivity index (χ4n) is 1.78. The maximum atomic E-state index is 9.91. The number of hydrogen-bond acceptors (Lipinski definition) is 3. The summed E-state index contributed by atoms with van der Waals surface area (Å²) in [5.41, 5.74) is 1.74. The number of fused-ring (bicyclic) bond motifs is 1. The summed E-state index contributed by atoms with van der Waals surface area (Å²) in [6.07, 6.45) is 3.40. The Morgan fingerprint density at radius 1 is 1.12 bits per heavy atom. The average molecular weight is 290 g/mol. The van der Waals surface area contributed by atoms with Crippen LogP contribution < -0.4 is 0 Å². The first kappa shape index (κ1) is 10.3. The van der Waals surface area contributed by atoms with Gasteiger partial charge in [0.25, 0.3) is 0 Å². The van der Waals surface area contributed by atoms with Gasteiger partial charge in [-0.2, -0.15) is 0 Å². The third-order valence-corrected chi connectivity index (χ3v) is 3.12. The van der Waals surface area contributed by atoms with Gasteiger partial charge in [0.1, 0.15) is 10.4 Å². The highest BCUT2D eigenvalue weighted by Crippen LogP contribution is 2.29. The van der Waals surface area contributed by atoms with Crippen molar-refractivity contribution in [1.82, 2.24) is 14.4 Å². The van der Waals surface area contributed by atoms with Gasteiger partial charge in [-0.3, -0.25) is 9.38 Å². The summed E-state index contributed by atoms with van der Waals surface area (Å²) in [4.78, 5) is 8.38. The van der Waals surface area contributed by atoms with Gasteiger partial charge >= 0.3 is 0 Å². The Morgan fingerprint density at radius 2 is 1.88 bits per heavy atom. The van der Waals surface area contributed by atoms with Crippen molar-refractivity contribution in [3.05, 3.63) is 47.3 Å². The number of nitrogens with zero attached hydrogens (tertiary/aromatic N) is 3. The van der Waals surface area contributed by atoms with E-state index in [0.717, 1.165) is 11.1 Å². The predicted molar refractivity (Wildman–Crippen MR) is 67.8 cm³/mol. The van der Waals surface area contributed by atoms with E-state index in [9.17, 15) is 5.11 Å². The van der Waals surface area contributed by atoms with Crippen LogP contribution in [0, 0.1) is 0 Å². The zero-order valence-electron chi connectivity index (χ0n) is 8.71. The van der Waals surface area contributed by atoms with E-state index in [1.807, 2.05) is 18.2 Å². The highest BCUT2D eigenvalue weighted by atomic mass is 79.9. The summed E-state index contributed by atoms with van der Waals surface area (Å²) >= 11 is 3.39. The molecule has 0 aliphatic rings. The van der Waals surface area contributed by atoms with Crippen LogP contribution in [-0.2, 0) is 0 Å². The van der Waals surface area contributed by atoms with Gasteiger partial charge < -0.3 is 5.11 Å². The van der Waals surface area contributed by atoms with Gasteiger partial charge in [-0.25, -0.2) is 4.98 Å². The Balaban J connectivity index is 2.38. The minimum Gasteiger partial charge on any atom is -0.494 e. The fourth-order valence-corrected chi connectivity index (χ4v) is 2.25. The third-order valence-electron chi connectivity index (χ3n) is 2.54. The van der Waals surface area contributed by atoms with Crippen molar-refractivity contribution < 1.29 is 5.11 Å². The zero-order chi connectivity index (χ0) is 11.8. The van der Waals surface area contributed by atoms with Crippen molar-refractivity contribution in [2.75, 3.05) is 0 Å². The topological polar surface area (TPSA) is 50.4 Å². The summed E-state index contributed by atoms with van der Waals surface area (Å²) in [5.74, 6) is 0.847. The van der Waals surface area contributed by atoms with Crippen LogP contribution in [0.2, 0.25) is 0 Å². The summed E-state index contributed by atoms with van der Waals surface area (Å²) in [7, 11) is 0. The molecular weight excluding hydrogens is 282 g/mol. The molecule has 0 spiro atoms. The van der Waals surface area contributed by atoms with Gasteiger partial charge in [-0.05, 0) is 40.2 Å². The molecule has 0 aliphatic carbocycles. The van der Waals surface area contributed by atoms with Crippen LogP contribution in [-0.4, -0.2) is 19.5 Å². The number of hydrogen-bond donors (Lipinski definition) is 1. The van der Waals surface area contributed by atoms with E-state index in [0.29, 0.717) is 10.4 Å². The number of rotatable bonds is 1. The standard InChI is InChI=1S/C12H8BrN3O/c13-11-9-2-1-3-10(17)16(9)12(15-11)8-4-6-14-7-5-8/h1-7,17H. The van der Waals surface area contributed by atoms with Gasteiger partial charge in [0, 0.05) is 18.0 Å². The maximum absolute atomic E-state index is 9.91. The Morgan fingerprint density at radius 3 is 2.65 bits per heavy atom. The van der Waals surface area contributed by atoms with E-state index >= 15 is 0 Å². The van der Waals surface area contributed by atoms with Crippen LogP contribution in [0.3, 0.4) is 0 Å². The second kappa shape index (κ2) is 3.85. The molecule has 4 nitrogen and oxygen atoms in total. The van der Waals surface area contributed by atoms with Crippen LogP contribution in [0.5, 0.6) is 5.88 Å². The molecule has 0 saturated carbocycles. The van der Waals surface area contributed by atoms with Gasteiger partial charge in [0.2, 0.25) is 0 Å². The lowest BCUT2D eigenvalue weighted by molar-refractivity contribution is 0.447. The molecule has 3 rings (SSSR count). The van der Waals surface area contributed by atoms with Crippen LogP contribution in [0.25, 0.3) is 16.9 Å². The molecule has 3 aromatic heterocycles. The second-order valence-corrected chi connectivity index (χ2v) is 4.32. The molecule has 0 aromatic carbocycles. The molecular formula is C12H8BrN3O. The number of pyridine rings is 2. The molecule has 3 aromatic rings. The van der Waals surface area contributed by atoms with Crippen LogP contribution in [0.15, 0.2) is 47.3 Å². The SMILES string of the molecule is Oc1cccc2c(Br)nc(-c3ccncc3)n12. The van der Waals surface area contributed by atoms with Gasteiger partial charge in [0.05, 0.1) is 5.52 Å². The summed E-state index contributed by atoms with van der Waals surface area (Å²) < 4.78 is 2.40.